The first-order valence-electron chi connectivity index (χ1n) is 11.4. The number of benzene rings is 1. The number of aliphatic hydroxyl groups excluding tert-OH is 1. The predicted molar refractivity (Wildman–Crippen MR) is 122 cm³/mol. The lowest BCUT2D eigenvalue weighted by Gasteiger charge is -2.36. The van der Waals surface area contributed by atoms with Crippen LogP contribution in [0.2, 0.25) is 0 Å². The normalized spacial score (nSPS) is 18.9. The summed E-state index contributed by atoms with van der Waals surface area (Å²) in [7, 11) is 3.17. The van der Waals surface area contributed by atoms with E-state index >= 15 is 0 Å². The molecular weight excluding hydrogens is 412 g/mol. The Bertz CT molecular complexity index is 774. The molecule has 0 radical (unpaired) electrons. The monoisotopic (exact) mass is 448 g/mol. The number of likely N-dealkylation sites (tertiary alicyclic amines) is 1. The molecule has 1 unspecified atom stereocenters. The van der Waals surface area contributed by atoms with Gasteiger partial charge in [0.1, 0.15) is 17.6 Å². The van der Waals surface area contributed by atoms with E-state index in [1.807, 2.05) is 11.8 Å². The highest BCUT2D eigenvalue weighted by molar-refractivity contribution is 5.82. The van der Waals surface area contributed by atoms with Crippen LogP contribution in [-0.2, 0) is 9.53 Å². The maximum Gasteiger partial charge on any atom is 0.225 e. The lowest BCUT2D eigenvalue weighted by Crippen LogP contribution is -2.50. The molecule has 2 aliphatic rings. The number of rotatable bonds is 7. The molecule has 0 bridgehead atoms. The second-order valence-electron chi connectivity index (χ2n) is 8.02. The number of aliphatic imine (C=N–C) groups is 1. The molecule has 9 heteroatoms. The van der Waals surface area contributed by atoms with Gasteiger partial charge in [-0.1, -0.05) is 0 Å². The minimum atomic E-state index is -0.825. The van der Waals surface area contributed by atoms with Gasteiger partial charge >= 0.3 is 0 Å². The topological polar surface area (TPSA) is 95.9 Å². The Labute approximate surface area is 190 Å². The maximum absolute atomic E-state index is 12.8. The Morgan fingerprint density at radius 2 is 1.91 bits per heavy atom. The number of amides is 1. The summed E-state index contributed by atoms with van der Waals surface area (Å²) in [6.07, 6.45) is 0.772. The largest absolute Gasteiger partial charge is 0.497 e. The Kier molecular flexibility index (Phi) is 8.99. The zero-order valence-corrected chi connectivity index (χ0v) is 19.4. The molecule has 0 saturated carbocycles. The molecular formula is C23H36N4O5. The molecule has 1 atom stereocenters. The van der Waals surface area contributed by atoms with Crippen molar-refractivity contribution >= 4 is 11.9 Å². The van der Waals surface area contributed by atoms with Crippen molar-refractivity contribution in [2.45, 2.75) is 25.9 Å². The molecule has 2 heterocycles. The molecule has 2 saturated heterocycles. The van der Waals surface area contributed by atoms with Gasteiger partial charge in [-0.05, 0) is 38.0 Å². The molecule has 2 fully saturated rings. The Balaban J connectivity index is 1.61. The van der Waals surface area contributed by atoms with Crippen LogP contribution in [0.4, 0.5) is 0 Å². The third kappa shape index (κ3) is 6.04. The molecule has 2 aliphatic heterocycles. The van der Waals surface area contributed by atoms with Gasteiger partial charge in [0, 0.05) is 44.2 Å². The van der Waals surface area contributed by atoms with Gasteiger partial charge < -0.3 is 34.4 Å². The third-order valence-electron chi connectivity index (χ3n) is 6.01. The van der Waals surface area contributed by atoms with Crippen molar-refractivity contribution in [3.63, 3.8) is 0 Å². The number of nitrogens with one attached hydrogen (secondary N) is 1. The second kappa shape index (κ2) is 11.9. The molecule has 32 heavy (non-hydrogen) atoms. The molecule has 0 spiro atoms. The number of hydrogen-bond acceptors (Lipinski definition) is 6. The fourth-order valence-electron chi connectivity index (χ4n) is 4.18. The summed E-state index contributed by atoms with van der Waals surface area (Å²) in [5, 5.41) is 14.1. The van der Waals surface area contributed by atoms with Gasteiger partial charge in [-0.25, -0.2) is 0 Å². The summed E-state index contributed by atoms with van der Waals surface area (Å²) in [5.41, 5.74) is 0.640. The van der Waals surface area contributed by atoms with Gasteiger partial charge in [-0.15, -0.1) is 0 Å². The number of carbonyl (C=O) groups excluding carboxylic acids is 1. The van der Waals surface area contributed by atoms with Gasteiger partial charge in [-0.2, -0.15) is 0 Å². The van der Waals surface area contributed by atoms with Gasteiger partial charge in [0.25, 0.3) is 0 Å². The lowest BCUT2D eigenvalue weighted by molar-refractivity contribution is -0.140. The number of methoxy groups -OCH3 is 2. The lowest BCUT2D eigenvalue weighted by atomic mass is 9.95. The van der Waals surface area contributed by atoms with E-state index in [0.29, 0.717) is 43.4 Å². The molecule has 0 aliphatic carbocycles. The van der Waals surface area contributed by atoms with Crippen molar-refractivity contribution < 1.29 is 24.1 Å². The Morgan fingerprint density at radius 3 is 2.53 bits per heavy atom. The SMILES string of the molecule is CCNC(=NCC(O)c1cc(OC)ccc1OC)N1CCC(C(=O)N2CCOCC2)CC1. The van der Waals surface area contributed by atoms with Gasteiger partial charge in [0.2, 0.25) is 5.91 Å². The summed E-state index contributed by atoms with van der Waals surface area (Å²) >= 11 is 0. The molecule has 9 nitrogen and oxygen atoms in total. The van der Waals surface area contributed by atoms with E-state index in [9.17, 15) is 9.90 Å². The van der Waals surface area contributed by atoms with E-state index in [0.717, 1.165) is 38.4 Å². The van der Waals surface area contributed by atoms with Gasteiger partial charge in [-0.3, -0.25) is 9.79 Å². The van der Waals surface area contributed by atoms with Crippen LogP contribution < -0.4 is 14.8 Å². The average Bonchev–Trinajstić information content (AvgIpc) is 2.86. The first-order chi connectivity index (χ1) is 15.6. The molecule has 1 aromatic rings. The van der Waals surface area contributed by atoms with Gasteiger partial charge in [0.05, 0.1) is 34.0 Å². The van der Waals surface area contributed by atoms with E-state index in [-0.39, 0.29) is 18.4 Å². The molecule has 3 rings (SSSR count). The maximum atomic E-state index is 12.8. The minimum Gasteiger partial charge on any atom is -0.497 e. The van der Waals surface area contributed by atoms with E-state index in [4.69, 9.17) is 14.2 Å². The fraction of sp³-hybridized carbons (Fsp3) is 0.652. The summed E-state index contributed by atoms with van der Waals surface area (Å²) in [4.78, 5) is 21.6. The summed E-state index contributed by atoms with van der Waals surface area (Å²) in [6.45, 7) is 7.08. The minimum absolute atomic E-state index is 0.0545. The van der Waals surface area contributed by atoms with Crippen molar-refractivity contribution in [1.29, 1.82) is 0 Å². The van der Waals surface area contributed by atoms with Crippen LogP contribution in [0.5, 0.6) is 11.5 Å². The number of guanidine groups is 1. The highest BCUT2D eigenvalue weighted by Crippen LogP contribution is 2.29. The van der Waals surface area contributed by atoms with Crippen LogP contribution in [0.25, 0.3) is 0 Å². The van der Waals surface area contributed by atoms with E-state index in [1.54, 1.807) is 32.4 Å². The summed E-state index contributed by atoms with van der Waals surface area (Å²) in [6, 6.07) is 5.35. The number of piperidine rings is 1. The number of ether oxygens (including phenoxy) is 3. The van der Waals surface area contributed by atoms with E-state index in [1.165, 1.54) is 0 Å². The zero-order valence-electron chi connectivity index (χ0n) is 19.4. The Hall–Kier alpha value is -2.52. The third-order valence-corrected chi connectivity index (χ3v) is 6.01. The van der Waals surface area contributed by atoms with Crippen molar-refractivity contribution in [2.24, 2.45) is 10.9 Å². The first kappa shape index (κ1) is 24.1. The second-order valence-corrected chi connectivity index (χ2v) is 8.02. The quantitative estimate of drug-likeness (QED) is 0.479. The first-order valence-corrected chi connectivity index (χ1v) is 11.4. The summed E-state index contributed by atoms with van der Waals surface area (Å²) < 4.78 is 16.0. The standard InChI is InChI=1S/C23H36N4O5/c1-4-24-23(25-16-20(28)19-15-18(30-2)5-6-21(19)31-3)27-9-7-17(8-10-27)22(29)26-11-13-32-14-12-26/h5-6,15,17,20,28H,4,7-14,16H2,1-3H3,(H,24,25). The van der Waals surface area contributed by atoms with E-state index in [2.05, 4.69) is 15.2 Å². The van der Waals surface area contributed by atoms with Gasteiger partial charge in [0.15, 0.2) is 5.96 Å². The van der Waals surface area contributed by atoms with Crippen LogP contribution in [0.15, 0.2) is 23.2 Å². The van der Waals surface area contributed by atoms with Crippen molar-refractivity contribution in [2.75, 3.05) is 66.7 Å². The summed E-state index contributed by atoms with van der Waals surface area (Å²) in [5.74, 6) is 2.31. The average molecular weight is 449 g/mol. The number of carbonyl (C=O) groups is 1. The molecule has 1 amide bonds. The number of hydrogen-bond donors (Lipinski definition) is 2. The van der Waals surface area contributed by atoms with Crippen LogP contribution in [-0.4, -0.2) is 93.5 Å². The van der Waals surface area contributed by atoms with Crippen molar-refractivity contribution in [1.82, 2.24) is 15.1 Å². The van der Waals surface area contributed by atoms with Crippen molar-refractivity contribution in [3.05, 3.63) is 23.8 Å². The van der Waals surface area contributed by atoms with E-state index < -0.39 is 6.10 Å². The molecule has 0 aromatic heterocycles. The van der Waals surface area contributed by atoms with Crippen LogP contribution in [0.1, 0.15) is 31.4 Å². The highest BCUT2D eigenvalue weighted by Gasteiger charge is 2.30. The van der Waals surface area contributed by atoms with Crippen LogP contribution in [0.3, 0.4) is 0 Å². The Morgan fingerprint density at radius 1 is 1.19 bits per heavy atom. The number of nitrogens with zero attached hydrogens (tertiary/aromatic N) is 3. The smallest absolute Gasteiger partial charge is 0.225 e. The molecule has 1 aromatic carbocycles. The van der Waals surface area contributed by atoms with Crippen LogP contribution >= 0.6 is 0 Å². The zero-order chi connectivity index (χ0) is 22.9. The number of morpholine rings is 1. The highest BCUT2D eigenvalue weighted by atomic mass is 16.5. The van der Waals surface area contributed by atoms with Crippen molar-refractivity contribution in [3.8, 4) is 11.5 Å². The van der Waals surface area contributed by atoms with Crippen LogP contribution in [0, 0.1) is 5.92 Å². The predicted octanol–water partition coefficient (Wildman–Crippen LogP) is 1.27. The number of aliphatic hydroxyl groups is 1. The molecule has 178 valence electrons. The molecule has 2 N–H and O–H groups in total. The fourth-order valence-corrected chi connectivity index (χ4v) is 4.18.